The third kappa shape index (κ3) is 4.75. The average Bonchev–Trinajstić information content (AvgIpc) is 3.10. The average molecular weight is 512 g/mol. The summed E-state index contributed by atoms with van der Waals surface area (Å²) in [6.07, 6.45) is -1.23. The van der Waals surface area contributed by atoms with Crippen LogP contribution in [0.1, 0.15) is 43.7 Å². The predicted molar refractivity (Wildman–Crippen MR) is 144 cm³/mol. The number of likely N-dealkylation sites (N-methyl/N-ethyl adjacent to an activating group) is 1. The summed E-state index contributed by atoms with van der Waals surface area (Å²) in [4.78, 5) is 29.7. The van der Waals surface area contributed by atoms with Gasteiger partial charge in [-0.05, 0) is 83.6 Å². The van der Waals surface area contributed by atoms with Crippen LogP contribution in [0.2, 0.25) is 5.02 Å². The first-order chi connectivity index (χ1) is 16.8. The zero-order valence-corrected chi connectivity index (χ0v) is 22.7. The number of aliphatic carboxylic acids is 1. The van der Waals surface area contributed by atoms with Crippen LogP contribution < -0.4 is 4.90 Å². The van der Waals surface area contributed by atoms with E-state index < -0.39 is 17.7 Å². The fraction of sp³-hybridized carbons (Fsp3) is 0.429. The van der Waals surface area contributed by atoms with Gasteiger partial charge in [0.05, 0.1) is 23.3 Å². The van der Waals surface area contributed by atoms with Crippen molar-refractivity contribution in [3.05, 3.63) is 52.2 Å². The second kappa shape index (κ2) is 9.54. The van der Waals surface area contributed by atoms with E-state index in [0.29, 0.717) is 23.7 Å². The maximum absolute atomic E-state index is 13.4. The van der Waals surface area contributed by atoms with E-state index in [0.717, 1.165) is 39.0 Å². The lowest BCUT2D eigenvalue weighted by Gasteiger charge is -2.35. The summed E-state index contributed by atoms with van der Waals surface area (Å²) in [6, 6.07) is 9.51. The molecule has 0 bridgehead atoms. The minimum Gasteiger partial charge on any atom is -0.479 e. The number of aryl methyl sites for hydroxylation is 1. The van der Waals surface area contributed by atoms with Gasteiger partial charge < -0.3 is 24.2 Å². The third-order valence-electron chi connectivity index (χ3n) is 6.49. The number of ether oxygens (including phenoxy) is 1. The summed E-state index contributed by atoms with van der Waals surface area (Å²) >= 11 is 6.20. The van der Waals surface area contributed by atoms with Gasteiger partial charge in [0.15, 0.2) is 6.10 Å². The van der Waals surface area contributed by atoms with E-state index in [-0.39, 0.29) is 12.5 Å². The number of aromatic nitrogens is 1. The first-order valence-corrected chi connectivity index (χ1v) is 12.5. The Morgan fingerprint density at radius 2 is 1.78 bits per heavy atom. The van der Waals surface area contributed by atoms with Crippen LogP contribution in [0.3, 0.4) is 0 Å². The van der Waals surface area contributed by atoms with Gasteiger partial charge >= 0.3 is 5.97 Å². The lowest BCUT2D eigenvalue weighted by atomic mass is 9.87. The van der Waals surface area contributed by atoms with Crippen LogP contribution in [-0.2, 0) is 20.9 Å². The minimum absolute atomic E-state index is 0.0247. The van der Waals surface area contributed by atoms with Gasteiger partial charge in [0.25, 0.3) is 0 Å². The monoisotopic (exact) mass is 511 g/mol. The van der Waals surface area contributed by atoms with Crippen LogP contribution >= 0.6 is 11.6 Å². The first kappa shape index (κ1) is 26.2. The van der Waals surface area contributed by atoms with E-state index >= 15 is 0 Å². The minimum atomic E-state index is -1.23. The van der Waals surface area contributed by atoms with Crippen LogP contribution in [0, 0.1) is 13.8 Å². The molecule has 0 aliphatic carbocycles. The van der Waals surface area contributed by atoms with Gasteiger partial charge in [0.1, 0.15) is 0 Å². The Morgan fingerprint density at radius 3 is 2.33 bits per heavy atom. The lowest BCUT2D eigenvalue weighted by Crippen LogP contribution is -2.42. The molecule has 1 N–H and O–H groups in total. The zero-order valence-electron chi connectivity index (χ0n) is 22.0. The number of hydrogen-bond acceptors (Lipinski definition) is 4. The van der Waals surface area contributed by atoms with E-state index in [1.54, 1.807) is 12.1 Å². The van der Waals surface area contributed by atoms with Crippen molar-refractivity contribution in [2.45, 2.75) is 52.9 Å². The molecule has 0 saturated carbocycles. The molecule has 1 aromatic heterocycles. The van der Waals surface area contributed by atoms with Crippen molar-refractivity contribution < 1.29 is 19.4 Å². The molecule has 1 aliphatic rings. The van der Waals surface area contributed by atoms with E-state index in [9.17, 15) is 14.7 Å². The van der Waals surface area contributed by atoms with Gasteiger partial charge in [0, 0.05) is 34.8 Å². The van der Waals surface area contributed by atoms with E-state index in [4.69, 9.17) is 16.3 Å². The molecule has 0 saturated heterocycles. The number of rotatable bonds is 6. The molecule has 1 amide bonds. The van der Waals surface area contributed by atoms with Gasteiger partial charge in [-0.3, -0.25) is 4.79 Å². The molecule has 0 spiro atoms. The number of anilines is 1. The molecule has 7 nitrogen and oxygen atoms in total. The van der Waals surface area contributed by atoms with Crippen molar-refractivity contribution >= 4 is 40.1 Å². The van der Waals surface area contributed by atoms with Crippen molar-refractivity contribution in [2.24, 2.45) is 0 Å². The zero-order chi connectivity index (χ0) is 26.5. The van der Waals surface area contributed by atoms with Gasteiger partial charge in [-0.1, -0.05) is 23.7 Å². The van der Waals surface area contributed by atoms with Crippen LogP contribution in [-0.4, -0.2) is 59.2 Å². The second-order valence-corrected chi connectivity index (χ2v) is 11.1. The Kier molecular flexibility index (Phi) is 6.94. The molecule has 8 heteroatoms. The van der Waals surface area contributed by atoms with Crippen LogP contribution in [0.25, 0.3) is 22.0 Å². The number of carbonyl (C=O) groups is 2. The molecule has 36 heavy (non-hydrogen) atoms. The van der Waals surface area contributed by atoms with Crippen molar-refractivity contribution in [3.63, 3.8) is 0 Å². The molecule has 0 unspecified atom stereocenters. The Bertz CT molecular complexity index is 1340. The topological polar surface area (TPSA) is 75.0 Å². The highest BCUT2D eigenvalue weighted by atomic mass is 35.5. The van der Waals surface area contributed by atoms with Crippen LogP contribution in [0.5, 0.6) is 0 Å². The van der Waals surface area contributed by atoms with Gasteiger partial charge in [-0.25, -0.2) is 4.79 Å². The summed E-state index contributed by atoms with van der Waals surface area (Å²) < 4.78 is 8.39. The van der Waals surface area contributed by atoms with Gasteiger partial charge in [0.2, 0.25) is 5.91 Å². The molecule has 1 atom stereocenters. The lowest BCUT2D eigenvalue weighted by molar-refractivity contribution is -0.160. The number of benzene rings is 2. The predicted octanol–water partition coefficient (Wildman–Crippen LogP) is 5.43. The van der Waals surface area contributed by atoms with E-state index in [1.165, 1.54) is 0 Å². The number of carboxylic acid groups (broad SMARTS) is 1. The van der Waals surface area contributed by atoms with Crippen LogP contribution in [0.15, 0.2) is 30.3 Å². The summed E-state index contributed by atoms with van der Waals surface area (Å²) in [6.45, 7) is 10.9. The molecule has 2 heterocycles. The Labute approximate surface area is 217 Å². The quantitative estimate of drug-likeness (QED) is 0.477. The fourth-order valence-corrected chi connectivity index (χ4v) is 5.26. The summed E-state index contributed by atoms with van der Waals surface area (Å²) in [5.74, 6) is -1.10. The van der Waals surface area contributed by atoms with E-state index in [2.05, 4.69) is 10.6 Å². The molecule has 2 aromatic carbocycles. The van der Waals surface area contributed by atoms with Crippen LogP contribution in [0.4, 0.5) is 5.69 Å². The summed E-state index contributed by atoms with van der Waals surface area (Å²) in [5.41, 5.74) is 4.98. The van der Waals surface area contributed by atoms with E-state index in [1.807, 2.05) is 70.6 Å². The maximum atomic E-state index is 13.4. The van der Waals surface area contributed by atoms with Crippen molar-refractivity contribution in [1.82, 2.24) is 9.47 Å². The smallest absolute Gasteiger partial charge is 0.337 e. The highest BCUT2D eigenvalue weighted by molar-refractivity contribution is 6.30. The van der Waals surface area contributed by atoms with Crippen molar-refractivity contribution in [1.29, 1.82) is 0 Å². The molecule has 0 fully saturated rings. The maximum Gasteiger partial charge on any atom is 0.337 e. The first-order valence-electron chi connectivity index (χ1n) is 12.1. The number of carboxylic acids is 1. The highest BCUT2D eigenvalue weighted by Crippen LogP contribution is 2.48. The highest BCUT2D eigenvalue weighted by Gasteiger charge is 2.37. The number of hydrogen-bond donors (Lipinski definition) is 1. The molecule has 4 rings (SSSR count). The molecule has 3 aromatic rings. The Hall–Kier alpha value is -2.87. The summed E-state index contributed by atoms with van der Waals surface area (Å²) in [7, 11) is 3.73. The second-order valence-electron chi connectivity index (χ2n) is 10.7. The third-order valence-corrected chi connectivity index (χ3v) is 6.74. The number of carbonyl (C=O) groups excluding carboxylic acids is 1. The van der Waals surface area contributed by atoms with Gasteiger partial charge in [-0.15, -0.1) is 0 Å². The molecular formula is C28H34ClN3O4. The SMILES string of the molecule is Cc1c([C@H](OC(C)(C)C)C(=O)O)c(-c2ccc(Cl)cc2)c2cc(C)n3c2c1N(C(=O)CN(C)C)CC3. The van der Waals surface area contributed by atoms with Crippen molar-refractivity contribution in [3.8, 4) is 11.1 Å². The van der Waals surface area contributed by atoms with Crippen molar-refractivity contribution in [2.75, 3.05) is 32.1 Å². The number of amides is 1. The normalized spacial score (nSPS) is 14.5. The molecule has 192 valence electrons. The molecule has 0 radical (unpaired) electrons. The molecular weight excluding hydrogens is 478 g/mol. The van der Waals surface area contributed by atoms with Gasteiger partial charge in [-0.2, -0.15) is 0 Å². The number of nitrogens with zero attached hydrogens (tertiary/aromatic N) is 3. The summed E-state index contributed by atoms with van der Waals surface area (Å²) in [5, 5.41) is 11.9. The Balaban J connectivity index is 2.13. The fourth-order valence-electron chi connectivity index (χ4n) is 5.14. The largest absolute Gasteiger partial charge is 0.479 e. The standard InChI is InChI=1S/C28H34ClN3O4/c1-16-14-20-23(18-8-10-19(29)11-9-18)22(26(27(34)35)36-28(3,4)5)17(2)24-25(20)31(16)12-13-32(24)21(33)15-30(6)7/h8-11,14,26H,12-13,15H2,1-7H3,(H,34,35)/t26-/m0/s1. The number of halogens is 1. The molecule has 1 aliphatic heterocycles. The Morgan fingerprint density at radius 1 is 1.14 bits per heavy atom.